The lowest BCUT2D eigenvalue weighted by atomic mass is 10.1. The van der Waals surface area contributed by atoms with E-state index in [9.17, 15) is 9.59 Å². The van der Waals surface area contributed by atoms with Gasteiger partial charge >= 0.3 is 5.97 Å². The first-order valence-corrected chi connectivity index (χ1v) is 8.11. The van der Waals surface area contributed by atoms with E-state index in [0.717, 1.165) is 16.5 Å². The molecule has 2 aromatic heterocycles. The van der Waals surface area contributed by atoms with Gasteiger partial charge in [0.05, 0.1) is 12.1 Å². The van der Waals surface area contributed by atoms with Crippen LogP contribution in [0, 0.1) is 0 Å². The number of nitrogens with one attached hydrogen (secondary N) is 1. The first kappa shape index (κ1) is 17.3. The molecule has 0 unspecified atom stereocenters. The maximum absolute atomic E-state index is 11.8. The minimum absolute atomic E-state index is 0.0911. The summed E-state index contributed by atoms with van der Waals surface area (Å²) in [6.45, 7) is 0.324. The number of esters is 1. The van der Waals surface area contributed by atoms with Crippen molar-refractivity contribution in [2.45, 2.75) is 0 Å². The lowest BCUT2D eigenvalue weighted by molar-refractivity contribution is -0.137. The quantitative estimate of drug-likeness (QED) is 0.421. The molecule has 0 aliphatic rings. The van der Waals surface area contributed by atoms with Gasteiger partial charge in [0, 0.05) is 41.2 Å². The highest BCUT2D eigenvalue weighted by Gasteiger charge is 2.04. The van der Waals surface area contributed by atoms with Gasteiger partial charge in [0.2, 0.25) is 0 Å². The minimum Gasteiger partial charge on any atom is -0.461 e. The summed E-state index contributed by atoms with van der Waals surface area (Å²) in [6.07, 6.45) is 7.83. The van der Waals surface area contributed by atoms with Crippen LogP contribution in [0.5, 0.6) is 0 Å². The molecule has 1 amide bonds. The first-order valence-electron chi connectivity index (χ1n) is 8.11. The van der Waals surface area contributed by atoms with Gasteiger partial charge in [-0.3, -0.25) is 14.8 Å². The molecule has 0 fully saturated rings. The van der Waals surface area contributed by atoms with E-state index >= 15 is 0 Å². The molecule has 0 saturated carbocycles. The first-order chi connectivity index (χ1) is 12.7. The number of fused-ring (bicyclic) bond motifs is 1. The number of carbonyl (C=O) groups excluding carboxylic acids is 2. The van der Waals surface area contributed by atoms with Crippen LogP contribution < -0.4 is 5.32 Å². The van der Waals surface area contributed by atoms with E-state index in [-0.39, 0.29) is 19.1 Å². The van der Waals surface area contributed by atoms with Gasteiger partial charge in [-0.25, -0.2) is 4.79 Å². The van der Waals surface area contributed by atoms with Gasteiger partial charge in [-0.1, -0.05) is 24.3 Å². The van der Waals surface area contributed by atoms with E-state index in [1.807, 2.05) is 30.3 Å². The van der Waals surface area contributed by atoms with E-state index < -0.39 is 5.97 Å². The SMILES string of the molecule is O=C(/C=C/c1cccc2cccnc12)OCCNC(=O)c1ccncc1. The second kappa shape index (κ2) is 8.53. The molecule has 1 aromatic carbocycles. The Morgan fingerprint density at radius 3 is 2.69 bits per heavy atom. The number of para-hydroxylation sites is 1. The van der Waals surface area contributed by atoms with Crippen molar-refractivity contribution in [3.05, 3.63) is 78.3 Å². The van der Waals surface area contributed by atoms with E-state index in [0.29, 0.717) is 5.56 Å². The number of aromatic nitrogens is 2. The van der Waals surface area contributed by atoms with Crippen molar-refractivity contribution in [1.29, 1.82) is 0 Å². The fourth-order valence-electron chi connectivity index (χ4n) is 2.39. The summed E-state index contributed by atoms with van der Waals surface area (Å²) in [6, 6.07) is 12.8. The molecule has 0 radical (unpaired) electrons. The molecule has 26 heavy (non-hydrogen) atoms. The summed E-state index contributed by atoms with van der Waals surface area (Å²) in [7, 11) is 0. The standard InChI is InChI=1S/C20H17N3O3/c24-18(26-14-13-23-20(25)17-8-11-21-12-9-17)7-6-16-4-1-3-15-5-2-10-22-19(15)16/h1-12H,13-14H2,(H,23,25)/b7-6+. The lowest BCUT2D eigenvalue weighted by Gasteiger charge is -2.05. The average Bonchev–Trinajstić information content (AvgIpc) is 2.70. The van der Waals surface area contributed by atoms with Gasteiger partial charge in [-0.05, 0) is 24.3 Å². The van der Waals surface area contributed by atoms with Crippen LogP contribution >= 0.6 is 0 Å². The molecular weight excluding hydrogens is 330 g/mol. The van der Waals surface area contributed by atoms with Crippen molar-refractivity contribution in [3.8, 4) is 0 Å². The van der Waals surface area contributed by atoms with Gasteiger partial charge in [-0.2, -0.15) is 0 Å². The Morgan fingerprint density at radius 1 is 1.04 bits per heavy atom. The summed E-state index contributed by atoms with van der Waals surface area (Å²) in [5.41, 5.74) is 2.17. The zero-order valence-corrected chi connectivity index (χ0v) is 14.0. The number of ether oxygens (including phenoxy) is 1. The van der Waals surface area contributed by atoms with Gasteiger partial charge in [-0.15, -0.1) is 0 Å². The predicted molar refractivity (Wildman–Crippen MR) is 98.3 cm³/mol. The third kappa shape index (κ3) is 4.51. The molecule has 0 atom stereocenters. The van der Waals surface area contributed by atoms with Crippen LogP contribution in [-0.4, -0.2) is 35.0 Å². The number of rotatable bonds is 6. The summed E-state index contributed by atoms with van der Waals surface area (Å²) in [4.78, 5) is 31.8. The molecule has 0 spiro atoms. The molecule has 130 valence electrons. The molecule has 0 bridgehead atoms. The predicted octanol–water partition coefficient (Wildman–Crippen LogP) is 2.62. The van der Waals surface area contributed by atoms with E-state index in [1.165, 1.54) is 6.08 Å². The van der Waals surface area contributed by atoms with Gasteiger partial charge in [0.15, 0.2) is 0 Å². The number of hydrogen-bond acceptors (Lipinski definition) is 5. The molecule has 0 aliphatic carbocycles. The Balaban J connectivity index is 1.48. The molecule has 2 heterocycles. The van der Waals surface area contributed by atoms with Crippen LogP contribution in [0.3, 0.4) is 0 Å². The van der Waals surface area contributed by atoms with Crippen LogP contribution in [-0.2, 0) is 9.53 Å². The molecule has 6 heteroatoms. The van der Waals surface area contributed by atoms with Gasteiger partial charge in [0.25, 0.3) is 5.91 Å². The molecule has 0 saturated heterocycles. The van der Waals surface area contributed by atoms with Gasteiger partial charge in [0.1, 0.15) is 6.61 Å². The highest BCUT2D eigenvalue weighted by Crippen LogP contribution is 2.17. The molecule has 1 N–H and O–H groups in total. The van der Waals surface area contributed by atoms with Gasteiger partial charge < -0.3 is 10.1 Å². The fraction of sp³-hybridized carbons (Fsp3) is 0.100. The fourth-order valence-corrected chi connectivity index (χ4v) is 2.39. The minimum atomic E-state index is -0.476. The Labute approximate surface area is 150 Å². The zero-order chi connectivity index (χ0) is 18.2. The Hall–Kier alpha value is -3.54. The van der Waals surface area contributed by atoms with Crippen molar-refractivity contribution in [2.75, 3.05) is 13.2 Å². The maximum Gasteiger partial charge on any atom is 0.330 e. The third-order valence-corrected chi connectivity index (χ3v) is 3.64. The number of benzene rings is 1. The normalized spacial score (nSPS) is 10.8. The third-order valence-electron chi connectivity index (χ3n) is 3.64. The summed E-state index contributed by atoms with van der Waals surface area (Å²) < 4.78 is 5.09. The maximum atomic E-state index is 11.8. The Kier molecular flexibility index (Phi) is 5.67. The number of pyridine rings is 2. The van der Waals surface area contributed by atoms with Crippen LogP contribution in [0.25, 0.3) is 17.0 Å². The highest BCUT2D eigenvalue weighted by atomic mass is 16.5. The van der Waals surface area contributed by atoms with Crippen LogP contribution in [0.2, 0.25) is 0 Å². The van der Waals surface area contributed by atoms with E-state index in [4.69, 9.17) is 4.74 Å². The molecular formula is C20H17N3O3. The Morgan fingerprint density at radius 2 is 1.85 bits per heavy atom. The van der Waals surface area contributed by atoms with Crippen molar-refractivity contribution >= 4 is 28.9 Å². The van der Waals surface area contributed by atoms with E-state index in [1.54, 1.807) is 36.8 Å². The van der Waals surface area contributed by atoms with Crippen molar-refractivity contribution in [1.82, 2.24) is 15.3 Å². The molecule has 0 aliphatic heterocycles. The number of carbonyl (C=O) groups is 2. The largest absolute Gasteiger partial charge is 0.461 e. The summed E-state index contributed by atoms with van der Waals surface area (Å²) in [5, 5.41) is 3.68. The van der Waals surface area contributed by atoms with E-state index in [2.05, 4.69) is 15.3 Å². The number of amides is 1. The highest BCUT2D eigenvalue weighted by molar-refractivity contribution is 5.94. The van der Waals surface area contributed by atoms with Crippen molar-refractivity contribution < 1.29 is 14.3 Å². The smallest absolute Gasteiger partial charge is 0.330 e. The van der Waals surface area contributed by atoms with Crippen LogP contribution in [0.4, 0.5) is 0 Å². The second-order valence-corrected chi connectivity index (χ2v) is 5.41. The number of hydrogen-bond donors (Lipinski definition) is 1. The molecule has 3 rings (SSSR count). The second-order valence-electron chi connectivity index (χ2n) is 5.41. The summed E-state index contributed by atoms with van der Waals surface area (Å²) in [5.74, 6) is -0.711. The van der Waals surface area contributed by atoms with Crippen molar-refractivity contribution in [3.63, 3.8) is 0 Å². The monoisotopic (exact) mass is 347 g/mol. The topological polar surface area (TPSA) is 81.2 Å². The zero-order valence-electron chi connectivity index (χ0n) is 14.0. The number of nitrogens with zero attached hydrogens (tertiary/aromatic N) is 2. The van der Waals surface area contributed by atoms with Crippen LogP contribution in [0.15, 0.2) is 67.1 Å². The summed E-state index contributed by atoms with van der Waals surface area (Å²) >= 11 is 0. The van der Waals surface area contributed by atoms with Crippen LogP contribution in [0.1, 0.15) is 15.9 Å². The average molecular weight is 347 g/mol. The van der Waals surface area contributed by atoms with Crippen molar-refractivity contribution in [2.24, 2.45) is 0 Å². The molecule has 3 aromatic rings. The molecule has 6 nitrogen and oxygen atoms in total. The lowest BCUT2D eigenvalue weighted by Crippen LogP contribution is -2.27. The Bertz CT molecular complexity index is 934.